The van der Waals surface area contributed by atoms with Crippen LogP contribution in [0.3, 0.4) is 0 Å². The largest absolute Gasteiger partial charge is 0.378 e. The van der Waals surface area contributed by atoms with Crippen molar-refractivity contribution in [2.45, 2.75) is 50.2 Å². The van der Waals surface area contributed by atoms with Gasteiger partial charge in [-0.15, -0.1) is 0 Å². The molecule has 3 saturated heterocycles. The Morgan fingerprint density at radius 2 is 2.05 bits per heavy atom. The second kappa shape index (κ2) is 6.33. The van der Waals surface area contributed by atoms with Crippen molar-refractivity contribution < 1.29 is 9.47 Å². The van der Waals surface area contributed by atoms with Gasteiger partial charge in [-0.25, -0.2) is 0 Å². The van der Waals surface area contributed by atoms with E-state index in [9.17, 15) is 0 Å². The lowest BCUT2D eigenvalue weighted by Gasteiger charge is -2.40. The molecule has 0 bridgehead atoms. The fourth-order valence-electron chi connectivity index (χ4n) is 3.85. The zero-order valence-electron chi connectivity index (χ0n) is 11.8. The van der Waals surface area contributed by atoms with Crippen LogP contribution in [0.15, 0.2) is 0 Å². The van der Waals surface area contributed by atoms with Gasteiger partial charge in [0.25, 0.3) is 0 Å². The fraction of sp³-hybridized carbons (Fsp3) is 1.00. The van der Waals surface area contributed by atoms with Crippen LogP contribution in [0.2, 0.25) is 0 Å². The second-order valence-corrected chi connectivity index (χ2v) is 7.77. The Kier molecular flexibility index (Phi) is 4.73. The first-order valence-electron chi connectivity index (χ1n) is 7.82. The lowest BCUT2D eigenvalue weighted by atomic mass is 9.78. The Hall–Kier alpha value is 0.230. The van der Waals surface area contributed by atoms with Crippen molar-refractivity contribution in [2.24, 2.45) is 17.6 Å². The highest BCUT2D eigenvalue weighted by molar-refractivity contribution is 7.99. The van der Waals surface area contributed by atoms with Gasteiger partial charge < -0.3 is 15.2 Å². The van der Waals surface area contributed by atoms with Gasteiger partial charge in [0.1, 0.15) is 0 Å². The van der Waals surface area contributed by atoms with Gasteiger partial charge in [-0.3, -0.25) is 0 Å². The Morgan fingerprint density at radius 1 is 1.21 bits per heavy atom. The lowest BCUT2D eigenvalue weighted by Crippen LogP contribution is -2.46. The quantitative estimate of drug-likeness (QED) is 0.865. The molecule has 3 atom stereocenters. The first kappa shape index (κ1) is 14.2. The zero-order valence-corrected chi connectivity index (χ0v) is 12.6. The van der Waals surface area contributed by atoms with Crippen molar-refractivity contribution in [1.29, 1.82) is 0 Å². The summed E-state index contributed by atoms with van der Waals surface area (Å²) in [4.78, 5) is 0. The summed E-state index contributed by atoms with van der Waals surface area (Å²) in [6.45, 7) is 2.53. The maximum Gasteiger partial charge on any atom is 0.0939 e. The van der Waals surface area contributed by atoms with E-state index >= 15 is 0 Å². The predicted molar refractivity (Wildman–Crippen MR) is 79.5 cm³/mol. The number of hydrogen-bond donors (Lipinski definition) is 1. The molecule has 3 aliphatic rings. The van der Waals surface area contributed by atoms with Crippen LogP contribution in [0.4, 0.5) is 0 Å². The molecule has 4 heteroatoms. The first-order valence-corrected chi connectivity index (χ1v) is 8.98. The standard InChI is InChI=1S/C15H27NO2S/c16-14(9-12-2-7-19-8-3-12)13-1-5-18-15(10-13)4-6-17-11-15/h12-14H,1-11,16H2. The molecular weight excluding hydrogens is 258 g/mol. The van der Waals surface area contributed by atoms with Crippen molar-refractivity contribution in [1.82, 2.24) is 0 Å². The summed E-state index contributed by atoms with van der Waals surface area (Å²) in [6.07, 6.45) is 7.30. The Morgan fingerprint density at radius 3 is 2.79 bits per heavy atom. The van der Waals surface area contributed by atoms with E-state index in [-0.39, 0.29) is 5.60 Å². The van der Waals surface area contributed by atoms with E-state index in [0.29, 0.717) is 12.0 Å². The van der Waals surface area contributed by atoms with E-state index in [0.717, 1.165) is 45.0 Å². The summed E-state index contributed by atoms with van der Waals surface area (Å²) in [5, 5.41) is 0. The molecule has 19 heavy (non-hydrogen) atoms. The van der Waals surface area contributed by atoms with E-state index < -0.39 is 0 Å². The summed E-state index contributed by atoms with van der Waals surface area (Å²) >= 11 is 2.10. The van der Waals surface area contributed by atoms with Gasteiger partial charge in [0.05, 0.1) is 12.2 Å². The van der Waals surface area contributed by atoms with Gasteiger partial charge in [0.2, 0.25) is 0 Å². The average Bonchev–Trinajstić information content (AvgIpc) is 2.88. The van der Waals surface area contributed by atoms with Crippen molar-refractivity contribution in [3.8, 4) is 0 Å². The van der Waals surface area contributed by atoms with E-state index in [2.05, 4.69) is 11.8 Å². The predicted octanol–water partition coefficient (Wildman–Crippen LogP) is 2.43. The molecule has 0 aromatic rings. The summed E-state index contributed by atoms with van der Waals surface area (Å²) in [6, 6.07) is 0.370. The molecule has 3 unspecified atom stereocenters. The molecule has 3 nitrogen and oxygen atoms in total. The molecule has 3 rings (SSSR count). The van der Waals surface area contributed by atoms with Gasteiger partial charge in [-0.1, -0.05) is 0 Å². The van der Waals surface area contributed by atoms with Crippen LogP contribution in [-0.4, -0.2) is 43.0 Å². The Balaban J connectivity index is 1.52. The monoisotopic (exact) mass is 285 g/mol. The number of nitrogens with two attached hydrogens (primary N) is 1. The third kappa shape index (κ3) is 3.46. The molecule has 0 saturated carbocycles. The minimum Gasteiger partial charge on any atom is -0.378 e. The third-order valence-electron chi connectivity index (χ3n) is 5.15. The second-order valence-electron chi connectivity index (χ2n) is 6.54. The molecule has 3 heterocycles. The molecule has 110 valence electrons. The average molecular weight is 285 g/mol. The van der Waals surface area contributed by atoms with Crippen molar-refractivity contribution in [3.05, 3.63) is 0 Å². The summed E-state index contributed by atoms with van der Waals surface area (Å²) in [5.74, 6) is 4.19. The van der Waals surface area contributed by atoms with E-state index in [1.165, 1.54) is 30.8 Å². The maximum atomic E-state index is 6.53. The molecule has 0 aromatic carbocycles. The molecule has 3 aliphatic heterocycles. The van der Waals surface area contributed by atoms with E-state index in [4.69, 9.17) is 15.2 Å². The van der Waals surface area contributed by atoms with Crippen molar-refractivity contribution in [2.75, 3.05) is 31.3 Å². The minimum absolute atomic E-state index is 0.0168. The summed E-state index contributed by atoms with van der Waals surface area (Å²) in [5.41, 5.74) is 6.54. The minimum atomic E-state index is 0.0168. The topological polar surface area (TPSA) is 44.5 Å². The molecular formula is C15H27NO2S. The van der Waals surface area contributed by atoms with Crippen LogP contribution in [0.25, 0.3) is 0 Å². The smallest absolute Gasteiger partial charge is 0.0939 e. The number of thioether (sulfide) groups is 1. The van der Waals surface area contributed by atoms with Crippen molar-refractivity contribution >= 4 is 11.8 Å². The van der Waals surface area contributed by atoms with Crippen LogP contribution in [-0.2, 0) is 9.47 Å². The van der Waals surface area contributed by atoms with E-state index in [1.807, 2.05) is 0 Å². The third-order valence-corrected chi connectivity index (χ3v) is 6.20. The van der Waals surface area contributed by atoms with Crippen LogP contribution < -0.4 is 5.73 Å². The Bertz CT molecular complexity index is 288. The lowest BCUT2D eigenvalue weighted by molar-refractivity contribution is -0.102. The zero-order chi connectivity index (χ0) is 13.1. The summed E-state index contributed by atoms with van der Waals surface area (Å²) < 4.78 is 11.6. The molecule has 1 spiro atoms. The number of ether oxygens (including phenoxy) is 2. The van der Waals surface area contributed by atoms with Gasteiger partial charge >= 0.3 is 0 Å². The first-order chi connectivity index (χ1) is 9.27. The van der Waals surface area contributed by atoms with Gasteiger partial charge in [0, 0.05) is 25.7 Å². The molecule has 0 aliphatic carbocycles. The summed E-state index contributed by atoms with van der Waals surface area (Å²) in [7, 11) is 0. The molecule has 0 radical (unpaired) electrons. The normalized spacial score (nSPS) is 38.7. The molecule has 0 amide bonds. The van der Waals surface area contributed by atoms with Gasteiger partial charge in [-0.05, 0) is 55.4 Å². The SMILES string of the molecule is NC(CC1CCSCC1)C1CCOC2(CCOC2)C1. The molecule has 3 fully saturated rings. The highest BCUT2D eigenvalue weighted by Crippen LogP contribution is 2.38. The van der Waals surface area contributed by atoms with Crippen LogP contribution in [0, 0.1) is 11.8 Å². The van der Waals surface area contributed by atoms with Crippen molar-refractivity contribution in [3.63, 3.8) is 0 Å². The van der Waals surface area contributed by atoms with Crippen LogP contribution >= 0.6 is 11.8 Å². The van der Waals surface area contributed by atoms with Gasteiger partial charge in [0.15, 0.2) is 0 Å². The highest BCUT2D eigenvalue weighted by Gasteiger charge is 2.42. The van der Waals surface area contributed by atoms with Crippen LogP contribution in [0.5, 0.6) is 0 Å². The molecule has 0 aromatic heterocycles. The number of rotatable bonds is 3. The van der Waals surface area contributed by atoms with Crippen LogP contribution in [0.1, 0.15) is 38.5 Å². The highest BCUT2D eigenvalue weighted by atomic mass is 32.2. The molecule has 2 N–H and O–H groups in total. The maximum absolute atomic E-state index is 6.53. The van der Waals surface area contributed by atoms with E-state index in [1.54, 1.807) is 0 Å². The number of hydrogen-bond acceptors (Lipinski definition) is 4. The fourth-order valence-corrected chi connectivity index (χ4v) is 5.06. The van der Waals surface area contributed by atoms with Gasteiger partial charge in [-0.2, -0.15) is 11.8 Å². The Labute approximate surface area is 121 Å².